The third-order valence-electron chi connectivity index (χ3n) is 4.76. The Labute approximate surface area is 150 Å². The number of nitrogens with zero attached hydrogens (tertiary/aromatic N) is 2. The van der Waals surface area contributed by atoms with Crippen molar-refractivity contribution >= 4 is 0 Å². The highest BCUT2D eigenvalue weighted by Gasteiger charge is 2.24. The van der Waals surface area contributed by atoms with Crippen LogP contribution in [0.1, 0.15) is 44.0 Å². The van der Waals surface area contributed by atoms with Gasteiger partial charge in [0, 0.05) is 42.3 Å². The van der Waals surface area contributed by atoms with E-state index in [-0.39, 0.29) is 17.9 Å². The minimum atomic E-state index is -0.00783. The number of nitrogens with one attached hydrogen (secondary N) is 1. The van der Waals surface area contributed by atoms with Gasteiger partial charge in [0.05, 0.1) is 11.4 Å². The number of rotatable bonds is 5. The van der Waals surface area contributed by atoms with Crippen LogP contribution in [0.5, 0.6) is 0 Å². The van der Waals surface area contributed by atoms with Crippen molar-refractivity contribution in [2.45, 2.75) is 52.1 Å². The number of aryl methyl sites for hydroxylation is 1. The molecule has 25 heavy (non-hydrogen) atoms. The second-order valence-corrected chi connectivity index (χ2v) is 8.08. The molecular formula is C21H29N3O. The van der Waals surface area contributed by atoms with E-state index >= 15 is 0 Å². The molecule has 4 heteroatoms. The molecule has 0 saturated carbocycles. The number of aliphatic hydroxyl groups excluding tert-OH is 1. The normalized spacial score (nSPS) is 20.4. The van der Waals surface area contributed by atoms with Crippen LogP contribution in [-0.2, 0) is 12.0 Å². The van der Waals surface area contributed by atoms with E-state index in [1.807, 2.05) is 4.68 Å². The zero-order chi connectivity index (χ0) is 18.0. The van der Waals surface area contributed by atoms with Crippen molar-refractivity contribution in [3.63, 3.8) is 0 Å². The van der Waals surface area contributed by atoms with Gasteiger partial charge >= 0.3 is 0 Å². The summed E-state index contributed by atoms with van der Waals surface area (Å²) in [5.41, 5.74) is 4.69. The highest BCUT2D eigenvalue weighted by atomic mass is 16.3. The first-order valence-electron chi connectivity index (χ1n) is 9.05. The van der Waals surface area contributed by atoms with Crippen molar-refractivity contribution < 1.29 is 5.11 Å². The molecule has 2 atom stereocenters. The Morgan fingerprint density at radius 1 is 1.20 bits per heavy atom. The van der Waals surface area contributed by atoms with Gasteiger partial charge in [-0.2, -0.15) is 5.10 Å². The van der Waals surface area contributed by atoms with Gasteiger partial charge in [-0.3, -0.25) is 0 Å². The largest absolute Gasteiger partial charge is 0.396 e. The Balaban J connectivity index is 1.80. The monoisotopic (exact) mass is 339 g/mol. The molecule has 1 aliphatic carbocycles. The van der Waals surface area contributed by atoms with Gasteiger partial charge in [0.15, 0.2) is 0 Å². The van der Waals surface area contributed by atoms with E-state index in [1.165, 1.54) is 11.1 Å². The van der Waals surface area contributed by atoms with Crippen LogP contribution >= 0.6 is 0 Å². The second kappa shape index (κ2) is 7.14. The fraction of sp³-hybridized carbons (Fsp3) is 0.476. The Morgan fingerprint density at radius 3 is 2.52 bits per heavy atom. The SMILES string of the molecule is Cc1ccc(-n2cc(CN[C@@H]3C=C[C@H](CO)C3)c(C(C)(C)C)n2)cc1. The fourth-order valence-electron chi connectivity index (χ4n) is 3.30. The Morgan fingerprint density at radius 2 is 1.92 bits per heavy atom. The van der Waals surface area contributed by atoms with Gasteiger partial charge in [0.25, 0.3) is 0 Å². The maximum Gasteiger partial charge on any atom is 0.0727 e. The van der Waals surface area contributed by atoms with Crippen molar-refractivity contribution in [3.8, 4) is 5.69 Å². The predicted octanol–water partition coefficient (Wildman–Crippen LogP) is 3.50. The van der Waals surface area contributed by atoms with Crippen LogP contribution in [0.15, 0.2) is 42.6 Å². The third kappa shape index (κ3) is 4.20. The topological polar surface area (TPSA) is 50.1 Å². The average Bonchev–Trinajstić information content (AvgIpc) is 3.20. The summed E-state index contributed by atoms with van der Waals surface area (Å²) in [5.74, 6) is 0.287. The molecule has 0 unspecified atom stereocenters. The average molecular weight is 339 g/mol. The number of aliphatic hydroxyl groups is 1. The quantitative estimate of drug-likeness (QED) is 0.820. The molecule has 0 spiro atoms. The van der Waals surface area contributed by atoms with Crippen molar-refractivity contribution in [2.75, 3.05) is 6.61 Å². The van der Waals surface area contributed by atoms with Crippen LogP contribution in [0.4, 0.5) is 0 Å². The van der Waals surface area contributed by atoms with Crippen LogP contribution in [0.25, 0.3) is 5.69 Å². The standard InChI is InChI=1S/C21H29N3O/c1-15-5-9-19(10-6-15)24-13-17(20(23-24)21(2,3)4)12-22-18-8-7-16(11-18)14-25/h5-10,13,16,18,22,25H,11-12,14H2,1-4H3/t16-,18+/m0/s1. The molecule has 2 aromatic rings. The molecular weight excluding hydrogens is 310 g/mol. The van der Waals surface area contributed by atoms with E-state index in [0.29, 0.717) is 6.04 Å². The van der Waals surface area contributed by atoms with Gasteiger partial charge in [-0.1, -0.05) is 50.6 Å². The second-order valence-electron chi connectivity index (χ2n) is 8.08. The predicted molar refractivity (Wildman–Crippen MR) is 102 cm³/mol. The minimum absolute atomic E-state index is 0.00783. The van der Waals surface area contributed by atoms with E-state index < -0.39 is 0 Å². The number of hydrogen-bond donors (Lipinski definition) is 2. The van der Waals surface area contributed by atoms with Crippen LogP contribution in [0.2, 0.25) is 0 Å². The maximum absolute atomic E-state index is 9.28. The first-order valence-corrected chi connectivity index (χ1v) is 9.05. The highest BCUT2D eigenvalue weighted by molar-refractivity contribution is 5.36. The zero-order valence-electron chi connectivity index (χ0n) is 15.7. The molecule has 1 aliphatic rings. The van der Waals surface area contributed by atoms with Crippen molar-refractivity contribution in [3.05, 3.63) is 59.4 Å². The summed E-state index contributed by atoms with van der Waals surface area (Å²) >= 11 is 0. The molecule has 0 radical (unpaired) electrons. The summed E-state index contributed by atoms with van der Waals surface area (Å²) in [7, 11) is 0. The van der Waals surface area contributed by atoms with Gasteiger partial charge in [0.1, 0.15) is 0 Å². The molecule has 1 aromatic heterocycles. The summed E-state index contributed by atoms with van der Waals surface area (Å²) in [6.45, 7) is 9.72. The van der Waals surface area contributed by atoms with E-state index in [4.69, 9.17) is 5.10 Å². The first kappa shape index (κ1) is 17.9. The lowest BCUT2D eigenvalue weighted by Gasteiger charge is -2.19. The van der Waals surface area contributed by atoms with Gasteiger partial charge in [0.2, 0.25) is 0 Å². The molecule has 0 bridgehead atoms. The molecule has 2 N–H and O–H groups in total. The van der Waals surface area contributed by atoms with Gasteiger partial charge < -0.3 is 10.4 Å². The molecule has 0 aliphatic heterocycles. The number of benzene rings is 1. The molecule has 0 fully saturated rings. The lowest BCUT2D eigenvalue weighted by atomic mass is 9.89. The lowest BCUT2D eigenvalue weighted by Crippen LogP contribution is -2.27. The van der Waals surface area contributed by atoms with E-state index in [2.05, 4.69) is 75.6 Å². The van der Waals surface area contributed by atoms with Crippen molar-refractivity contribution in [2.24, 2.45) is 5.92 Å². The maximum atomic E-state index is 9.28. The van der Waals surface area contributed by atoms with Gasteiger partial charge in [-0.05, 0) is 25.5 Å². The molecule has 4 nitrogen and oxygen atoms in total. The summed E-state index contributed by atoms with van der Waals surface area (Å²) in [6, 6.07) is 8.77. The molecule has 1 heterocycles. The van der Waals surface area contributed by atoms with Crippen LogP contribution < -0.4 is 5.32 Å². The van der Waals surface area contributed by atoms with Crippen molar-refractivity contribution in [1.82, 2.24) is 15.1 Å². The van der Waals surface area contributed by atoms with Gasteiger partial charge in [-0.15, -0.1) is 0 Å². The Hall–Kier alpha value is -1.91. The summed E-state index contributed by atoms with van der Waals surface area (Å²) < 4.78 is 1.98. The zero-order valence-corrected chi connectivity index (χ0v) is 15.7. The minimum Gasteiger partial charge on any atom is -0.396 e. The molecule has 1 aromatic carbocycles. The Bertz CT molecular complexity index is 737. The van der Waals surface area contributed by atoms with E-state index in [1.54, 1.807) is 0 Å². The van der Waals surface area contributed by atoms with E-state index in [9.17, 15) is 5.11 Å². The molecule has 0 amide bonds. The number of hydrogen-bond acceptors (Lipinski definition) is 3. The summed E-state index contributed by atoms with van der Waals surface area (Å²) in [4.78, 5) is 0. The number of aromatic nitrogens is 2. The van der Waals surface area contributed by atoms with Crippen LogP contribution in [0, 0.1) is 12.8 Å². The lowest BCUT2D eigenvalue weighted by molar-refractivity contribution is 0.246. The van der Waals surface area contributed by atoms with Crippen LogP contribution in [-0.4, -0.2) is 27.5 Å². The highest BCUT2D eigenvalue weighted by Crippen LogP contribution is 2.26. The smallest absolute Gasteiger partial charge is 0.0727 e. The van der Waals surface area contributed by atoms with E-state index in [0.717, 1.165) is 24.3 Å². The van der Waals surface area contributed by atoms with Gasteiger partial charge in [-0.25, -0.2) is 4.68 Å². The molecule has 0 saturated heterocycles. The molecule has 134 valence electrons. The third-order valence-corrected chi connectivity index (χ3v) is 4.76. The Kier molecular flexibility index (Phi) is 5.11. The summed E-state index contributed by atoms with van der Waals surface area (Å²) in [5, 5.41) is 17.8. The first-order chi connectivity index (χ1) is 11.9. The summed E-state index contributed by atoms with van der Waals surface area (Å²) in [6.07, 6.45) is 7.38. The van der Waals surface area contributed by atoms with Crippen molar-refractivity contribution in [1.29, 1.82) is 0 Å². The fourth-order valence-corrected chi connectivity index (χ4v) is 3.30. The molecule has 3 rings (SSSR count). The van der Waals surface area contributed by atoms with Crippen LogP contribution in [0.3, 0.4) is 0 Å².